The molecule has 2 aromatic carbocycles. The SMILES string of the molecule is CC(C)(C)c1ccc(Cn2nnc3c(=O)[nH]c([C@@H]4CCCN(C(=O)CCc5ccccc5)C4)nc32)cc1. The summed E-state index contributed by atoms with van der Waals surface area (Å²) in [5.41, 5.74) is 4.00. The standard InChI is InChI=1S/C29H34N6O2/c1-29(2,3)23-14-11-21(12-15-23)18-35-27-25(32-33-35)28(37)31-26(30-27)22-10-7-17-34(19-22)24(36)16-13-20-8-5-4-6-9-20/h4-6,8-9,11-12,14-15,22H,7,10,13,16-19H2,1-3H3,(H,30,31,37)/t22-/m1/s1. The van der Waals surface area contributed by atoms with Gasteiger partial charge in [0, 0.05) is 25.4 Å². The van der Waals surface area contributed by atoms with Crippen molar-refractivity contribution in [2.75, 3.05) is 13.1 Å². The summed E-state index contributed by atoms with van der Waals surface area (Å²) in [5, 5.41) is 8.32. The fourth-order valence-corrected chi connectivity index (χ4v) is 4.95. The molecule has 8 heteroatoms. The van der Waals surface area contributed by atoms with Gasteiger partial charge < -0.3 is 9.88 Å². The van der Waals surface area contributed by atoms with E-state index < -0.39 is 0 Å². The third kappa shape index (κ3) is 5.63. The second-order valence-electron chi connectivity index (χ2n) is 11.0. The lowest BCUT2D eigenvalue weighted by Crippen LogP contribution is -2.40. The van der Waals surface area contributed by atoms with Crippen LogP contribution in [0.4, 0.5) is 0 Å². The zero-order valence-electron chi connectivity index (χ0n) is 21.8. The van der Waals surface area contributed by atoms with Gasteiger partial charge in [0.05, 0.1) is 6.54 Å². The van der Waals surface area contributed by atoms with Gasteiger partial charge in [-0.15, -0.1) is 5.10 Å². The summed E-state index contributed by atoms with van der Waals surface area (Å²) in [6, 6.07) is 18.5. The lowest BCUT2D eigenvalue weighted by atomic mass is 9.87. The predicted molar refractivity (Wildman–Crippen MR) is 144 cm³/mol. The fourth-order valence-electron chi connectivity index (χ4n) is 4.95. The molecule has 8 nitrogen and oxygen atoms in total. The number of amides is 1. The van der Waals surface area contributed by atoms with E-state index in [1.54, 1.807) is 4.68 Å². The number of hydrogen-bond donors (Lipinski definition) is 1. The molecule has 4 aromatic rings. The first kappa shape index (κ1) is 24.9. The third-order valence-electron chi connectivity index (χ3n) is 7.18. The molecule has 5 rings (SSSR count). The molecule has 1 aliphatic heterocycles. The number of H-pyrrole nitrogens is 1. The van der Waals surface area contributed by atoms with E-state index >= 15 is 0 Å². The van der Waals surface area contributed by atoms with Gasteiger partial charge in [0.25, 0.3) is 5.56 Å². The number of piperidine rings is 1. The molecule has 1 atom stereocenters. The van der Waals surface area contributed by atoms with Crippen LogP contribution in [0.5, 0.6) is 0 Å². The number of rotatable bonds is 6. The first-order valence-electron chi connectivity index (χ1n) is 13.0. The molecule has 1 saturated heterocycles. The van der Waals surface area contributed by atoms with Crippen molar-refractivity contribution < 1.29 is 4.79 Å². The van der Waals surface area contributed by atoms with Gasteiger partial charge in [-0.3, -0.25) is 9.59 Å². The molecule has 1 amide bonds. The first-order valence-corrected chi connectivity index (χ1v) is 13.0. The average molecular weight is 499 g/mol. The van der Waals surface area contributed by atoms with E-state index in [9.17, 15) is 9.59 Å². The Labute approximate surface area is 216 Å². The smallest absolute Gasteiger partial charge is 0.281 e. The van der Waals surface area contributed by atoms with Crippen LogP contribution in [0.3, 0.4) is 0 Å². The number of nitrogens with one attached hydrogen (secondary N) is 1. The quantitative estimate of drug-likeness (QED) is 0.430. The summed E-state index contributed by atoms with van der Waals surface area (Å²) < 4.78 is 1.69. The Hall–Kier alpha value is -3.81. The molecular weight excluding hydrogens is 464 g/mol. The van der Waals surface area contributed by atoms with Gasteiger partial charge in [-0.05, 0) is 41.4 Å². The van der Waals surface area contributed by atoms with Crippen LogP contribution in [0.15, 0.2) is 59.4 Å². The van der Waals surface area contributed by atoms with Crippen LogP contribution >= 0.6 is 0 Å². The van der Waals surface area contributed by atoms with Gasteiger partial charge in [0.1, 0.15) is 5.82 Å². The van der Waals surface area contributed by atoms with E-state index in [0.29, 0.717) is 31.0 Å². The van der Waals surface area contributed by atoms with Crippen molar-refractivity contribution in [3.05, 3.63) is 87.5 Å². The fraction of sp³-hybridized carbons (Fsp3) is 0.414. The number of carbonyl (C=O) groups excluding carboxylic acids is 1. The van der Waals surface area contributed by atoms with Crippen molar-refractivity contribution in [2.24, 2.45) is 0 Å². The third-order valence-corrected chi connectivity index (χ3v) is 7.18. The molecule has 192 valence electrons. The first-order chi connectivity index (χ1) is 17.8. The Morgan fingerprint density at radius 2 is 1.81 bits per heavy atom. The number of benzene rings is 2. The van der Waals surface area contributed by atoms with E-state index in [2.05, 4.69) is 60.3 Å². The monoisotopic (exact) mass is 498 g/mol. The molecule has 1 aliphatic rings. The number of likely N-dealkylation sites (tertiary alicyclic amines) is 1. The minimum atomic E-state index is -0.290. The van der Waals surface area contributed by atoms with Crippen molar-refractivity contribution in [2.45, 2.75) is 64.3 Å². The molecule has 1 N–H and O–H groups in total. The van der Waals surface area contributed by atoms with Gasteiger partial charge in [-0.1, -0.05) is 80.6 Å². The molecule has 0 aliphatic carbocycles. The predicted octanol–water partition coefficient (Wildman–Crippen LogP) is 4.20. The number of hydrogen-bond acceptors (Lipinski definition) is 5. The summed E-state index contributed by atoms with van der Waals surface area (Å²) in [6.07, 6.45) is 2.95. The van der Waals surface area contributed by atoms with Crippen LogP contribution in [0.2, 0.25) is 0 Å². The van der Waals surface area contributed by atoms with Crippen LogP contribution in [0, 0.1) is 0 Å². The normalized spacial score (nSPS) is 16.3. The largest absolute Gasteiger partial charge is 0.342 e. The molecule has 2 aromatic heterocycles. The molecule has 0 bridgehead atoms. The molecule has 0 unspecified atom stereocenters. The van der Waals surface area contributed by atoms with Gasteiger partial charge >= 0.3 is 0 Å². The Morgan fingerprint density at radius 1 is 1.05 bits per heavy atom. The number of aromatic nitrogens is 5. The Kier molecular flexibility index (Phi) is 6.91. The van der Waals surface area contributed by atoms with Crippen LogP contribution in [-0.4, -0.2) is 48.9 Å². The molecule has 37 heavy (non-hydrogen) atoms. The summed E-state index contributed by atoms with van der Waals surface area (Å²) in [5.74, 6) is 0.716. The van der Waals surface area contributed by atoms with E-state index in [-0.39, 0.29) is 28.3 Å². The van der Waals surface area contributed by atoms with Gasteiger partial charge in [0.15, 0.2) is 11.2 Å². The summed E-state index contributed by atoms with van der Waals surface area (Å²) in [4.78, 5) is 35.4. The topological polar surface area (TPSA) is 96.8 Å². The van der Waals surface area contributed by atoms with Gasteiger partial charge in [-0.2, -0.15) is 0 Å². The lowest BCUT2D eigenvalue weighted by Gasteiger charge is -2.32. The maximum Gasteiger partial charge on any atom is 0.281 e. The minimum absolute atomic E-state index is 0.0269. The lowest BCUT2D eigenvalue weighted by molar-refractivity contribution is -0.132. The number of aryl methyl sites for hydroxylation is 1. The highest BCUT2D eigenvalue weighted by molar-refractivity contribution is 5.76. The van der Waals surface area contributed by atoms with Gasteiger partial charge in [0.2, 0.25) is 5.91 Å². The van der Waals surface area contributed by atoms with E-state index in [1.807, 2.05) is 35.2 Å². The Balaban J connectivity index is 1.32. The van der Waals surface area contributed by atoms with Crippen LogP contribution in [-0.2, 0) is 23.2 Å². The molecule has 3 heterocycles. The highest BCUT2D eigenvalue weighted by Crippen LogP contribution is 2.26. The number of carbonyl (C=O) groups is 1. The van der Waals surface area contributed by atoms with Crippen molar-refractivity contribution in [1.29, 1.82) is 0 Å². The molecular formula is C29H34N6O2. The molecule has 0 spiro atoms. The minimum Gasteiger partial charge on any atom is -0.342 e. The summed E-state index contributed by atoms with van der Waals surface area (Å²) in [7, 11) is 0. The zero-order chi connectivity index (χ0) is 26.0. The number of aromatic amines is 1. The summed E-state index contributed by atoms with van der Waals surface area (Å²) >= 11 is 0. The van der Waals surface area contributed by atoms with Gasteiger partial charge in [-0.25, -0.2) is 9.67 Å². The Bertz CT molecular complexity index is 1430. The maximum absolute atomic E-state index is 12.9. The van der Waals surface area contributed by atoms with E-state index in [0.717, 1.165) is 36.9 Å². The molecule has 0 saturated carbocycles. The number of fused-ring (bicyclic) bond motifs is 1. The van der Waals surface area contributed by atoms with Crippen molar-refractivity contribution in [3.8, 4) is 0 Å². The highest BCUT2D eigenvalue weighted by Gasteiger charge is 2.27. The molecule has 1 fully saturated rings. The van der Waals surface area contributed by atoms with Crippen LogP contribution in [0.1, 0.15) is 68.5 Å². The van der Waals surface area contributed by atoms with Crippen molar-refractivity contribution >= 4 is 17.1 Å². The zero-order valence-corrected chi connectivity index (χ0v) is 21.8. The second kappa shape index (κ2) is 10.3. The van der Waals surface area contributed by atoms with Crippen molar-refractivity contribution in [3.63, 3.8) is 0 Å². The highest BCUT2D eigenvalue weighted by atomic mass is 16.2. The molecule has 0 radical (unpaired) electrons. The van der Waals surface area contributed by atoms with E-state index in [1.165, 1.54) is 5.56 Å². The van der Waals surface area contributed by atoms with Crippen LogP contribution in [0.25, 0.3) is 11.2 Å². The van der Waals surface area contributed by atoms with Crippen molar-refractivity contribution in [1.82, 2.24) is 29.9 Å². The second-order valence-corrected chi connectivity index (χ2v) is 11.0. The maximum atomic E-state index is 12.9. The number of nitrogens with zero attached hydrogens (tertiary/aromatic N) is 5. The summed E-state index contributed by atoms with van der Waals surface area (Å²) in [6.45, 7) is 8.33. The average Bonchev–Trinajstić information content (AvgIpc) is 3.31. The van der Waals surface area contributed by atoms with Crippen LogP contribution < -0.4 is 5.56 Å². The Morgan fingerprint density at radius 3 is 2.54 bits per heavy atom. The van der Waals surface area contributed by atoms with E-state index in [4.69, 9.17) is 4.98 Å².